The summed E-state index contributed by atoms with van der Waals surface area (Å²) >= 11 is 5.65. The Morgan fingerprint density at radius 3 is 2.71 bits per heavy atom. The molecule has 7 heteroatoms. The second kappa shape index (κ2) is 6.15. The van der Waals surface area contributed by atoms with E-state index in [-0.39, 0.29) is 29.2 Å². The quantitative estimate of drug-likeness (QED) is 0.843. The molecule has 1 rings (SSSR count). The summed E-state index contributed by atoms with van der Waals surface area (Å²) < 4.78 is 0. The molecule has 0 atom stereocenters. The van der Waals surface area contributed by atoms with Crippen LogP contribution in [0.5, 0.6) is 0 Å². The Labute approximate surface area is 104 Å². The van der Waals surface area contributed by atoms with Crippen molar-refractivity contribution in [1.29, 1.82) is 0 Å². The number of nitrogens with zero attached hydrogens (tertiary/aromatic N) is 3. The number of amides is 2. The van der Waals surface area contributed by atoms with Crippen LogP contribution in [0.2, 0.25) is 5.15 Å². The fraction of sp³-hybridized carbons (Fsp3) is 0.400. The lowest BCUT2D eigenvalue weighted by molar-refractivity contribution is -0.121. The van der Waals surface area contributed by atoms with Crippen LogP contribution >= 0.6 is 11.6 Å². The van der Waals surface area contributed by atoms with Crippen molar-refractivity contribution in [2.24, 2.45) is 0 Å². The molecule has 1 heterocycles. The van der Waals surface area contributed by atoms with Gasteiger partial charge in [0.1, 0.15) is 10.8 Å². The van der Waals surface area contributed by atoms with Crippen LogP contribution in [0.15, 0.2) is 12.4 Å². The molecule has 0 aliphatic carbocycles. The van der Waals surface area contributed by atoms with Crippen LogP contribution < -0.4 is 5.32 Å². The molecule has 17 heavy (non-hydrogen) atoms. The lowest BCUT2D eigenvalue weighted by Gasteiger charge is -2.19. The van der Waals surface area contributed by atoms with Gasteiger partial charge in [0.15, 0.2) is 0 Å². The Kier molecular flexibility index (Phi) is 4.84. The van der Waals surface area contributed by atoms with Gasteiger partial charge in [-0.2, -0.15) is 0 Å². The fourth-order valence-corrected chi connectivity index (χ4v) is 1.33. The van der Waals surface area contributed by atoms with E-state index in [1.54, 1.807) is 6.92 Å². The second-order valence-corrected chi connectivity index (χ2v) is 3.61. The lowest BCUT2D eigenvalue weighted by Crippen LogP contribution is -2.39. The van der Waals surface area contributed by atoms with Gasteiger partial charge in [-0.3, -0.25) is 14.6 Å². The minimum absolute atomic E-state index is 0.0139. The average Bonchev–Trinajstić information content (AvgIpc) is 2.34. The minimum Gasteiger partial charge on any atom is -0.358 e. The number of nitrogens with one attached hydrogen (secondary N) is 1. The van der Waals surface area contributed by atoms with E-state index in [0.29, 0.717) is 6.54 Å². The van der Waals surface area contributed by atoms with E-state index in [2.05, 4.69) is 15.3 Å². The van der Waals surface area contributed by atoms with E-state index in [4.69, 9.17) is 11.6 Å². The van der Waals surface area contributed by atoms with Gasteiger partial charge in [-0.25, -0.2) is 4.98 Å². The van der Waals surface area contributed by atoms with E-state index >= 15 is 0 Å². The van der Waals surface area contributed by atoms with Gasteiger partial charge in [-0.1, -0.05) is 11.6 Å². The largest absolute Gasteiger partial charge is 0.358 e. The monoisotopic (exact) mass is 256 g/mol. The standard InChI is InChI=1S/C10H13ClN4O2/c1-3-15(6-9(16)12-2)10(17)7-4-13-5-8(11)14-7/h4-5H,3,6H2,1-2H3,(H,12,16). The van der Waals surface area contributed by atoms with Gasteiger partial charge in [0.2, 0.25) is 5.91 Å². The fourth-order valence-electron chi connectivity index (χ4n) is 1.19. The number of carbonyl (C=O) groups is 2. The van der Waals surface area contributed by atoms with Crippen molar-refractivity contribution in [3.8, 4) is 0 Å². The maximum Gasteiger partial charge on any atom is 0.274 e. The smallest absolute Gasteiger partial charge is 0.274 e. The van der Waals surface area contributed by atoms with Crippen molar-refractivity contribution in [2.75, 3.05) is 20.1 Å². The SMILES string of the molecule is CCN(CC(=O)NC)C(=O)c1cncc(Cl)n1. The molecule has 0 aliphatic heterocycles. The Hall–Kier alpha value is -1.69. The Bertz CT molecular complexity index is 425. The van der Waals surface area contributed by atoms with Gasteiger partial charge in [0.25, 0.3) is 5.91 Å². The van der Waals surface area contributed by atoms with E-state index < -0.39 is 0 Å². The van der Waals surface area contributed by atoms with E-state index in [1.165, 1.54) is 24.3 Å². The number of hydrogen-bond donors (Lipinski definition) is 1. The van der Waals surface area contributed by atoms with Gasteiger partial charge in [0, 0.05) is 13.6 Å². The van der Waals surface area contributed by atoms with Crippen molar-refractivity contribution in [3.63, 3.8) is 0 Å². The number of aromatic nitrogens is 2. The molecular formula is C10H13ClN4O2. The van der Waals surface area contributed by atoms with Gasteiger partial charge in [-0.15, -0.1) is 0 Å². The van der Waals surface area contributed by atoms with Gasteiger partial charge in [0.05, 0.1) is 18.9 Å². The molecule has 0 radical (unpaired) electrons. The molecule has 0 fully saturated rings. The first-order valence-corrected chi connectivity index (χ1v) is 5.43. The number of likely N-dealkylation sites (N-methyl/N-ethyl adjacent to an activating group) is 2. The predicted molar refractivity (Wildman–Crippen MR) is 62.7 cm³/mol. The minimum atomic E-state index is -0.369. The third kappa shape index (κ3) is 3.67. The highest BCUT2D eigenvalue weighted by Crippen LogP contribution is 2.05. The highest BCUT2D eigenvalue weighted by atomic mass is 35.5. The molecule has 6 nitrogen and oxygen atoms in total. The molecule has 0 spiro atoms. The normalized spacial score (nSPS) is 9.82. The highest BCUT2D eigenvalue weighted by molar-refractivity contribution is 6.29. The lowest BCUT2D eigenvalue weighted by atomic mass is 10.3. The molecule has 1 N–H and O–H groups in total. The van der Waals surface area contributed by atoms with Crippen molar-refractivity contribution in [3.05, 3.63) is 23.2 Å². The second-order valence-electron chi connectivity index (χ2n) is 3.22. The van der Waals surface area contributed by atoms with Crippen LogP contribution in [0.1, 0.15) is 17.4 Å². The number of halogens is 1. The van der Waals surface area contributed by atoms with Crippen molar-refractivity contribution < 1.29 is 9.59 Å². The third-order valence-corrected chi connectivity index (χ3v) is 2.29. The van der Waals surface area contributed by atoms with Crippen LogP contribution in [-0.2, 0) is 4.79 Å². The van der Waals surface area contributed by atoms with Crippen LogP contribution in [-0.4, -0.2) is 46.8 Å². The highest BCUT2D eigenvalue weighted by Gasteiger charge is 2.18. The van der Waals surface area contributed by atoms with Crippen molar-refractivity contribution >= 4 is 23.4 Å². The van der Waals surface area contributed by atoms with Crippen LogP contribution in [0, 0.1) is 0 Å². The van der Waals surface area contributed by atoms with Gasteiger partial charge >= 0.3 is 0 Å². The predicted octanol–water partition coefficient (Wildman–Crippen LogP) is 0.338. The molecular weight excluding hydrogens is 244 g/mol. The molecule has 0 saturated heterocycles. The summed E-state index contributed by atoms with van der Waals surface area (Å²) in [5.74, 6) is -0.610. The first-order valence-electron chi connectivity index (χ1n) is 5.05. The Morgan fingerprint density at radius 2 is 2.18 bits per heavy atom. The topological polar surface area (TPSA) is 75.2 Å². The van der Waals surface area contributed by atoms with Crippen LogP contribution in [0.4, 0.5) is 0 Å². The maximum atomic E-state index is 12.0. The van der Waals surface area contributed by atoms with Crippen LogP contribution in [0.25, 0.3) is 0 Å². The summed E-state index contributed by atoms with van der Waals surface area (Å²) in [7, 11) is 1.51. The van der Waals surface area contributed by atoms with Crippen LogP contribution in [0.3, 0.4) is 0 Å². The van der Waals surface area contributed by atoms with Crippen molar-refractivity contribution in [2.45, 2.75) is 6.92 Å². The Morgan fingerprint density at radius 1 is 1.47 bits per heavy atom. The summed E-state index contributed by atoms with van der Waals surface area (Å²) in [6.45, 7) is 2.17. The first-order chi connectivity index (χ1) is 8.08. The molecule has 0 unspecified atom stereocenters. The molecule has 0 saturated carbocycles. The van der Waals surface area contributed by atoms with E-state index in [9.17, 15) is 9.59 Å². The summed E-state index contributed by atoms with van der Waals surface area (Å²) in [6, 6.07) is 0. The zero-order valence-corrected chi connectivity index (χ0v) is 10.4. The van der Waals surface area contributed by atoms with E-state index in [1.807, 2.05) is 0 Å². The molecule has 1 aromatic heterocycles. The molecule has 1 aromatic rings. The third-order valence-electron chi connectivity index (χ3n) is 2.11. The molecule has 92 valence electrons. The van der Waals surface area contributed by atoms with Gasteiger partial charge in [-0.05, 0) is 6.92 Å². The average molecular weight is 257 g/mol. The Balaban J connectivity index is 2.82. The number of rotatable bonds is 4. The molecule has 0 bridgehead atoms. The zero-order chi connectivity index (χ0) is 12.8. The zero-order valence-electron chi connectivity index (χ0n) is 9.61. The summed E-state index contributed by atoms with van der Waals surface area (Å²) in [5, 5.41) is 2.60. The summed E-state index contributed by atoms with van der Waals surface area (Å²) in [5.41, 5.74) is 0.128. The van der Waals surface area contributed by atoms with Crippen molar-refractivity contribution in [1.82, 2.24) is 20.2 Å². The molecule has 2 amide bonds. The van der Waals surface area contributed by atoms with Gasteiger partial charge < -0.3 is 10.2 Å². The number of hydrogen-bond acceptors (Lipinski definition) is 4. The molecule has 0 aliphatic rings. The summed E-state index contributed by atoms with van der Waals surface area (Å²) in [4.78, 5) is 32.2. The van der Waals surface area contributed by atoms with E-state index in [0.717, 1.165) is 0 Å². The first kappa shape index (κ1) is 13.4. The summed E-state index contributed by atoms with van der Waals surface area (Å²) in [6.07, 6.45) is 2.66. The maximum absolute atomic E-state index is 12.0. The molecule has 0 aromatic carbocycles. The number of carbonyl (C=O) groups excluding carboxylic acids is 2.